The molecule has 34 heavy (non-hydrogen) atoms. The summed E-state index contributed by atoms with van der Waals surface area (Å²) in [6, 6.07) is 12.7. The van der Waals surface area contributed by atoms with Crippen molar-refractivity contribution in [3.05, 3.63) is 59.9 Å². The highest BCUT2D eigenvalue weighted by atomic mass is 32.2. The number of carbonyl (C=O) groups is 1. The van der Waals surface area contributed by atoms with Crippen molar-refractivity contribution in [3.63, 3.8) is 0 Å². The van der Waals surface area contributed by atoms with Crippen molar-refractivity contribution >= 4 is 21.6 Å². The number of fused-ring (bicyclic) bond motifs is 2. The first-order chi connectivity index (χ1) is 16.3. The zero-order valence-electron chi connectivity index (χ0n) is 19.5. The number of sulfonamides is 1. The highest BCUT2D eigenvalue weighted by Gasteiger charge is 2.42. The van der Waals surface area contributed by atoms with Gasteiger partial charge in [0.25, 0.3) is 5.91 Å². The van der Waals surface area contributed by atoms with Gasteiger partial charge in [0.2, 0.25) is 10.0 Å². The van der Waals surface area contributed by atoms with Crippen LogP contribution in [-0.4, -0.2) is 50.9 Å². The largest absolute Gasteiger partial charge is 0.369 e. The van der Waals surface area contributed by atoms with Gasteiger partial charge in [-0.05, 0) is 86.4 Å². The minimum Gasteiger partial charge on any atom is -0.369 e. The van der Waals surface area contributed by atoms with Crippen LogP contribution in [0, 0.1) is 23.6 Å². The number of hydrogen-bond donors (Lipinski definition) is 1. The Morgan fingerprint density at radius 1 is 1.03 bits per heavy atom. The molecule has 8 heteroatoms. The van der Waals surface area contributed by atoms with Crippen LogP contribution in [0.25, 0.3) is 0 Å². The van der Waals surface area contributed by atoms with Crippen LogP contribution < -0.4 is 10.2 Å². The van der Waals surface area contributed by atoms with Gasteiger partial charge in [0.05, 0.1) is 4.90 Å². The number of nitrogens with zero attached hydrogens (tertiary/aromatic N) is 2. The second kappa shape index (κ2) is 9.30. The Kier molecular flexibility index (Phi) is 6.37. The summed E-state index contributed by atoms with van der Waals surface area (Å²) in [6.45, 7) is 3.78. The van der Waals surface area contributed by atoms with Gasteiger partial charge in [0, 0.05) is 43.5 Å². The van der Waals surface area contributed by atoms with Crippen molar-refractivity contribution in [2.75, 3.05) is 31.1 Å². The standard InChI is InChI=1S/C26H32FN3O3S/c1-18(25-16-19-5-6-20(25)15-19)28-26(31)21-3-2-4-24(17-21)34(32,33)30-13-11-29(12-14-30)23-9-7-22(27)8-10-23/h2-4,7-10,17-20,25H,5-6,11-16H2,1H3,(H,28,31)/t18-,19+,20+,25-/m0/s1. The summed E-state index contributed by atoms with van der Waals surface area (Å²) in [5.74, 6) is 1.53. The van der Waals surface area contributed by atoms with Crippen LogP contribution in [0.3, 0.4) is 0 Å². The smallest absolute Gasteiger partial charge is 0.251 e. The molecule has 1 saturated heterocycles. The van der Waals surface area contributed by atoms with Gasteiger partial charge in [-0.1, -0.05) is 12.5 Å². The summed E-state index contributed by atoms with van der Waals surface area (Å²) in [7, 11) is -3.71. The molecule has 6 nitrogen and oxygen atoms in total. The summed E-state index contributed by atoms with van der Waals surface area (Å²) < 4.78 is 41.2. The normalized spacial score (nSPS) is 25.9. The zero-order valence-corrected chi connectivity index (χ0v) is 20.3. The van der Waals surface area contributed by atoms with Gasteiger partial charge in [0.15, 0.2) is 0 Å². The molecule has 4 atom stereocenters. The summed E-state index contributed by atoms with van der Waals surface area (Å²) in [5, 5.41) is 3.13. The number of amides is 1. The highest BCUT2D eigenvalue weighted by molar-refractivity contribution is 7.89. The SMILES string of the molecule is C[C@H](NC(=O)c1cccc(S(=O)(=O)N2CCN(c3ccc(F)cc3)CC2)c1)[C@@H]1C[C@@H]2CC[C@@H]1C2. The Balaban J connectivity index is 1.23. The molecule has 2 aromatic rings. The molecule has 2 aromatic carbocycles. The van der Waals surface area contributed by atoms with E-state index in [4.69, 9.17) is 0 Å². The van der Waals surface area contributed by atoms with E-state index >= 15 is 0 Å². The molecule has 2 saturated carbocycles. The maximum atomic E-state index is 13.3. The van der Waals surface area contributed by atoms with Crippen molar-refractivity contribution in [3.8, 4) is 0 Å². The predicted octanol–water partition coefficient (Wildman–Crippen LogP) is 3.89. The van der Waals surface area contributed by atoms with E-state index in [0.717, 1.165) is 11.6 Å². The fourth-order valence-electron chi connectivity index (χ4n) is 6.09. The zero-order chi connectivity index (χ0) is 23.9. The molecular formula is C26H32FN3O3S. The molecule has 0 unspecified atom stereocenters. The topological polar surface area (TPSA) is 69.7 Å². The summed E-state index contributed by atoms with van der Waals surface area (Å²) in [6.07, 6.45) is 5.05. The molecule has 182 valence electrons. The first-order valence-electron chi connectivity index (χ1n) is 12.2. The number of benzene rings is 2. The number of piperazine rings is 1. The van der Waals surface area contributed by atoms with E-state index in [1.165, 1.54) is 48.2 Å². The predicted molar refractivity (Wildman–Crippen MR) is 130 cm³/mol. The number of nitrogens with one attached hydrogen (secondary N) is 1. The Hall–Kier alpha value is -2.45. The number of anilines is 1. The van der Waals surface area contributed by atoms with Crippen LogP contribution in [0.5, 0.6) is 0 Å². The molecule has 1 aliphatic heterocycles. The Morgan fingerprint density at radius 3 is 2.41 bits per heavy atom. The average Bonchev–Trinajstić information content (AvgIpc) is 3.49. The van der Waals surface area contributed by atoms with E-state index in [1.54, 1.807) is 30.3 Å². The fourth-order valence-corrected chi connectivity index (χ4v) is 7.56. The first kappa shape index (κ1) is 23.3. The molecular weight excluding hydrogens is 453 g/mol. The molecule has 5 rings (SSSR count). The number of rotatable bonds is 6. The van der Waals surface area contributed by atoms with Crippen LogP contribution in [-0.2, 0) is 10.0 Å². The molecule has 1 N–H and O–H groups in total. The van der Waals surface area contributed by atoms with Crippen molar-refractivity contribution in [2.24, 2.45) is 17.8 Å². The van der Waals surface area contributed by atoms with Crippen molar-refractivity contribution in [1.82, 2.24) is 9.62 Å². The number of carbonyl (C=O) groups excluding carboxylic acids is 1. The van der Waals surface area contributed by atoms with Crippen LogP contribution >= 0.6 is 0 Å². The summed E-state index contributed by atoms with van der Waals surface area (Å²) >= 11 is 0. The van der Waals surface area contributed by atoms with Crippen molar-refractivity contribution < 1.29 is 17.6 Å². The lowest BCUT2D eigenvalue weighted by atomic mass is 9.84. The molecule has 3 fully saturated rings. The summed E-state index contributed by atoms with van der Waals surface area (Å²) in [4.78, 5) is 15.1. The van der Waals surface area contributed by atoms with Crippen molar-refractivity contribution in [2.45, 2.75) is 43.5 Å². The maximum absolute atomic E-state index is 13.3. The minimum absolute atomic E-state index is 0.0857. The number of halogens is 1. The molecule has 1 amide bonds. The molecule has 1 heterocycles. The molecule has 2 aliphatic carbocycles. The lowest BCUT2D eigenvalue weighted by Crippen LogP contribution is -2.48. The highest BCUT2D eigenvalue weighted by Crippen LogP contribution is 2.49. The third-order valence-electron chi connectivity index (χ3n) is 7.96. The van der Waals surface area contributed by atoms with Gasteiger partial charge in [-0.25, -0.2) is 12.8 Å². The lowest BCUT2D eigenvalue weighted by Gasteiger charge is -2.35. The van der Waals surface area contributed by atoms with E-state index in [2.05, 4.69) is 12.2 Å². The average molecular weight is 486 g/mol. The molecule has 0 aromatic heterocycles. The Labute approximate surface area is 201 Å². The van der Waals surface area contributed by atoms with Crippen molar-refractivity contribution in [1.29, 1.82) is 0 Å². The van der Waals surface area contributed by atoms with Gasteiger partial charge in [-0.3, -0.25) is 4.79 Å². The van der Waals surface area contributed by atoms with Crippen LogP contribution in [0.4, 0.5) is 10.1 Å². The monoisotopic (exact) mass is 485 g/mol. The van der Waals surface area contributed by atoms with E-state index in [0.29, 0.717) is 43.6 Å². The van der Waals surface area contributed by atoms with Gasteiger partial charge in [-0.2, -0.15) is 4.31 Å². The van der Waals surface area contributed by atoms with Gasteiger partial charge < -0.3 is 10.2 Å². The Morgan fingerprint density at radius 2 is 1.76 bits per heavy atom. The van der Waals surface area contributed by atoms with Crippen LogP contribution in [0.15, 0.2) is 53.4 Å². The fraction of sp³-hybridized carbons (Fsp3) is 0.500. The molecule has 0 radical (unpaired) electrons. The summed E-state index contributed by atoms with van der Waals surface area (Å²) in [5.41, 5.74) is 1.25. The lowest BCUT2D eigenvalue weighted by molar-refractivity contribution is 0.0915. The maximum Gasteiger partial charge on any atom is 0.251 e. The molecule has 0 spiro atoms. The quantitative estimate of drug-likeness (QED) is 0.674. The van der Waals surface area contributed by atoms with E-state index in [-0.39, 0.29) is 22.7 Å². The first-order valence-corrected chi connectivity index (χ1v) is 13.7. The van der Waals surface area contributed by atoms with Crippen LogP contribution in [0.1, 0.15) is 43.0 Å². The van der Waals surface area contributed by atoms with Crippen LogP contribution in [0.2, 0.25) is 0 Å². The van der Waals surface area contributed by atoms with Gasteiger partial charge in [0.1, 0.15) is 5.82 Å². The third kappa shape index (κ3) is 4.58. The second-order valence-electron chi connectivity index (χ2n) is 10.00. The van der Waals surface area contributed by atoms with E-state index in [9.17, 15) is 17.6 Å². The second-order valence-corrected chi connectivity index (χ2v) is 11.9. The van der Waals surface area contributed by atoms with Gasteiger partial charge in [-0.15, -0.1) is 0 Å². The Bertz CT molecular complexity index is 1150. The minimum atomic E-state index is -3.71. The molecule has 2 bridgehead atoms. The third-order valence-corrected chi connectivity index (χ3v) is 9.85. The van der Waals surface area contributed by atoms with Gasteiger partial charge >= 0.3 is 0 Å². The van der Waals surface area contributed by atoms with E-state index < -0.39 is 10.0 Å². The molecule has 3 aliphatic rings. The number of hydrogen-bond acceptors (Lipinski definition) is 4. The van der Waals surface area contributed by atoms with E-state index in [1.807, 2.05) is 4.90 Å².